The predicted molar refractivity (Wildman–Crippen MR) is 289 cm³/mol. The standard InChI is InChI=1S/C67H43NO2/c1-4-15-44(16-5-1)47-31-39-64-59(41-47)60-42-48(32-40-65(60)69-64)45-27-33-51(34-28-45)68(52-35-29-46(30-36-52)54-23-14-24-57-56-22-11-13-26-63(56)70-66(54)57)53-37-38-62-58(43-53)55-21-10-12-25-61(55)67(62,49-17-6-2-7-18-49)50-19-8-3-9-20-50/h1-43H. The number of hydrogen-bond acceptors (Lipinski definition) is 3. The molecule has 0 saturated heterocycles. The Morgan fingerprint density at radius 1 is 0.271 bits per heavy atom. The summed E-state index contributed by atoms with van der Waals surface area (Å²) >= 11 is 0. The van der Waals surface area contributed by atoms with E-state index in [4.69, 9.17) is 8.83 Å². The third kappa shape index (κ3) is 6.22. The SMILES string of the molecule is c1ccc(-c2ccc3oc4ccc(-c5ccc(N(c6ccc(-c7cccc8c7oc7ccccc78)cc6)c6ccc7c(c6)-c6ccccc6C7(c6ccccc6)c6ccccc6)cc5)cc4c3c2)cc1. The zero-order valence-electron chi connectivity index (χ0n) is 38.1. The van der Waals surface area contributed by atoms with Crippen LogP contribution in [0.2, 0.25) is 0 Å². The zero-order valence-corrected chi connectivity index (χ0v) is 38.1. The van der Waals surface area contributed by atoms with Crippen LogP contribution in [0.25, 0.3) is 88.4 Å². The van der Waals surface area contributed by atoms with Crippen molar-refractivity contribution in [2.45, 2.75) is 5.41 Å². The summed E-state index contributed by atoms with van der Waals surface area (Å²) in [6.07, 6.45) is 0. The van der Waals surface area contributed by atoms with Gasteiger partial charge in [-0.3, -0.25) is 0 Å². The fourth-order valence-corrected chi connectivity index (χ4v) is 11.4. The van der Waals surface area contributed by atoms with E-state index in [1.54, 1.807) is 0 Å². The van der Waals surface area contributed by atoms with Crippen molar-refractivity contribution < 1.29 is 8.83 Å². The Labute approximate surface area is 405 Å². The lowest BCUT2D eigenvalue weighted by Gasteiger charge is -2.34. The topological polar surface area (TPSA) is 29.5 Å². The summed E-state index contributed by atoms with van der Waals surface area (Å²) in [5.74, 6) is 0. The zero-order chi connectivity index (χ0) is 46.2. The maximum Gasteiger partial charge on any atom is 0.143 e. The van der Waals surface area contributed by atoms with Gasteiger partial charge in [-0.1, -0.05) is 194 Å². The van der Waals surface area contributed by atoms with Crippen molar-refractivity contribution >= 4 is 60.9 Å². The molecule has 1 aliphatic rings. The summed E-state index contributed by atoms with van der Waals surface area (Å²) in [6.45, 7) is 0. The molecule has 2 aromatic heterocycles. The van der Waals surface area contributed by atoms with Crippen molar-refractivity contribution in [2.75, 3.05) is 4.90 Å². The first-order chi connectivity index (χ1) is 34.7. The lowest BCUT2D eigenvalue weighted by Crippen LogP contribution is -2.28. The molecule has 14 rings (SSSR count). The van der Waals surface area contributed by atoms with Crippen LogP contribution in [-0.4, -0.2) is 0 Å². The Kier molecular flexibility index (Phi) is 9.11. The van der Waals surface area contributed by atoms with Crippen molar-refractivity contribution in [1.29, 1.82) is 0 Å². The number of fused-ring (bicyclic) bond motifs is 9. The summed E-state index contributed by atoms with van der Waals surface area (Å²) in [6, 6.07) is 94.3. The van der Waals surface area contributed by atoms with Gasteiger partial charge in [0.2, 0.25) is 0 Å². The minimum atomic E-state index is -0.483. The van der Waals surface area contributed by atoms with Gasteiger partial charge in [-0.2, -0.15) is 0 Å². The van der Waals surface area contributed by atoms with Crippen molar-refractivity contribution in [2.24, 2.45) is 0 Å². The van der Waals surface area contributed by atoms with E-state index < -0.39 is 5.41 Å². The molecule has 328 valence electrons. The molecule has 0 fully saturated rings. The van der Waals surface area contributed by atoms with Gasteiger partial charge in [-0.15, -0.1) is 0 Å². The maximum absolute atomic E-state index is 6.50. The number of benzene rings is 11. The second-order valence-corrected chi connectivity index (χ2v) is 18.4. The van der Waals surface area contributed by atoms with Crippen LogP contribution >= 0.6 is 0 Å². The molecule has 0 aliphatic heterocycles. The molecule has 3 heteroatoms. The van der Waals surface area contributed by atoms with Crippen molar-refractivity contribution in [1.82, 2.24) is 0 Å². The van der Waals surface area contributed by atoms with Crippen LogP contribution in [0.15, 0.2) is 270 Å². The molecule has 0 radical (unpaired) electrons. The first-order valence-electron chi connectivity index (χ1n) is 24.0. The first-order valence-corrected chi connectivity index (χ1v) is 24.0. The van der Waals surface area contributed by atoms with E-state index in [0.717, 1.165) is 83.2 Å². The van der Waals surface area contributed by atoms with Gasteiger partial charge >= 0.3 is 0 Å². The molecule has 0 N–H and O–H groups in total. The molecular weight excluding hydrogens is 851 g/mol. The van der Waals surface area contributed by atoms with Crippen LogP contribution in [0.3, 0.4) is 0 Å². The molecular formula is C67H43NO2. The van der Waals surface area contributed by atoms with Gasteiger partial charge in [0.1, 0.15) is 22.3 Å². The van der Waals surface area contributed by atoms with Crippen LogP contribution in [0, 0.1) is 0 Å². The smallest absolute Gasteiger partial charge is 0.143 e. The number of hydrogen-bond donors (Lipinski definition) is 0. The summed E-state index contributed by atoms with van der Waals surface area (Å²) in [5, 5.41) is 4.47. The van der Waals surface area contributed by atoms with E-state index in [-0.39, 0.29) is 0 Å². The molecule has 3 nitrogen and oxygen atoms in total. The van der Waals surface area contributed by atoms with E-state index in [1.165, 1.54) is 44.5 Å². The lowest BCUT2D eigenvalue weighted by molar-refractivity contribution is 0.669. The van der Waals surface area contributed by atoms with Gasteiger partial charge in [-0.05, 0) is 128 Å². The van der Waals surface area contributed by atoms with E-state index in [2.05, 4.69) is 254 Å². The summed E-state index contributed by atoms with van der Waals surface area (Å²) < 4.78 is 12.9. The molecule has 70 heavy (non-hydrogen) atoms. The third-order valence-corrected chi connectivity index (χ3v) is 14.6. The monoisotopic (exact) mass is 893 g/mol. The number of anilines is 3. The van der Waals surface area contributed by atoms with Gasteiger partial charge < -0.3 is 13.7 Å². The molecule has 11 aromatic carbocycles. The fourth-order valence-electron chi connectivity index (χ4n) is 11.4. The Morgan fingerprint density at radius 2 is 0.757 bits per heavy atom. The molecule has 0 amide bonds. The van der Waals surface area contributed by atoms with E-state index in [9.17, 15) is 0 Å². The van der Waals surface area contributed by atoms with Crippen molar-refractivity contribution in [3.63, 3.8) is 0 Å². The quantitative estimate of drug-likeness (QED) is 0.152. The minimum Gasteiger partial charge on any atom is -0.456 e. The maximum atomic E-state index is 6.50. The third-order valence-electron chi connectivity index (χ3n) is 14.6. The fraction of sp³-hybridized carbons (Fsp3) is 0.0149. The largest absolute Gasteiger partial charge is 0.456 e. The Bertz CT molecular complexity index is 4050. The van der Waals surface area contributed by atoms with Gasteiger partial charge in [-0.25, -0.2) is 0 Å². The number of rotatable bonds is 8. The highest BCUT2D eigenvalue weighted by Crippen LogP contribution is 2.57. The second kappa shape index (κ2) is 16.0. The average Bonchev–Trinajstić information content (AvgIpc) is 4.10. The number of nitrogens with zero attached hydrogens (tertiary/aromatic N) is 1. The molecule has 0 saturated carbocycles. The predicted octanol–water partition coefficient (Wildman–Crippen LogP) is 18.3. The second-order valence-electron chi connectivity index (χ2n) is 18.4. The summed E-state index contributed by atoms with van der Waals surface area (Å²) in [5.41, 5.74) is 20.6. The summed E-state index contributed by atoms with van der Waals surface area (Å²) in [7, 11) is 0. The average molecular weight is 894 g/mol. The number of para-hydroxylation sites is 2. The van der Waals surface area contributed by atoms with Crippen LogP contribution in [0.1, 0.15) is 22.3 Å². The van der Waals surface area contributed by atoms with E-state index in [1.807, 2.05) is 12.1 Å². The highest BCUT2D eigenvalue weighted by atomic mass is 16.3. The van der Waals surface area contributed by atoms with E-state index in [0.29, 0.717) is 0 Å². The van der Waals surface area contributed by atoms with Crippen molar-refractivity contribution in [3.05, 3.63) is 283 Å². The van der Waals surface area contributed by atoms with Crippen LogP contribution in [0.4, 0.5) is 17.1 Å². The molecule has 1 aliphatic carbocycles. The molecule has 0 atom stereocenters. The van der Waals surface area contributed by atoms with Crippen molar-refractivity contribution in [3.8, 4) is 44.5 Å². The highest BCUT2D eigenvalue weighted by Gasteiger charge is 2.46. The first kappa shape index (κ1) is 39.9. The van der Waals surface area contributed by atoms with E-state index >= 15 is 0 Å². The molecule has 0 spiro atoms. The van der Waals surface area contributed by atoms with Crippen LogP contribution in [-0.2, 0) is 5.41 Å². The van der Waals surface area contributed by atoms with Crippen LogP contribution in [0.5, 0.6) is 0 Å². The lowest BCUT2D eigenvalue weighted by atomic mass is 9.68. The Hall–Kier alpha value is -9.18. The van der Waals surface area contributed by atoms with Gasteiger partial charge in [0, 0.05) is 44.2 Å². The summed E-state index contributed by atoms with van der Waals surface area (Å²) in [4.78, 5) is 2.39. The molecule has 13 aromatic rings. The molecule has 0 bridgehead atoms. The number of furan rings is 2. The minimum absolute atomic E-state index is 0.483. The van der Waals surface area contributed by atoms with Gasteiger partial charge in [0.25, 0.3) is 0 Å². The molecule has 2 heterocycles. The Balaban J connectivity index is 0.907. The highest BCUT2D eigenvalue weighted by molar-refractivity contribution is 6.10. The Morgan fingerprint density at radius 3 is 1.43 bits per heavy atom. The van der Waals surface area contributed by atoms with Gasteiger partial charge in [0.05, 0.1) is 5.41 Å². The normalized spacial score (nSPS) is 12.7. The van der Waals surface area contributed by atoms with Gasteiger partial charge in [0.15, 0.2) is 0 Å². The molecule has 0 unspecified atom stereocenters. The van der Waals surface area contributed by atoms with Crippen LogP contribution < -0.4 is 4.90 Å².